The van der Waals surface area contributed by atoms with E-state index in [4.69, 9.17) is 5.73 Å². The van der Waals surface area contributed by atoms with Crippen LogP contribution in [0.3, 0.4) is 0 Å². The first-order chi connectivity index (χ1) is 9.78. The minimum Gasteiger partial charge on any atom is -0.323 e. The summed E-state index contributed by atoms with van der Waals surface area (Å²) in [6.07, 6.45) is 3.91. The standard InChI is InChI=1S/C18H24N2/c1-2-11-20(17-9-10-17)13-18(19)16-8-7-14-5-3-4-6-15(14)12-16/h3-8,12,17-18H,2,9-11,13,19H2,1H3. The molecule has 1 fully saturated rings. The third kappa shape index (κ3) is 3.02. The molecule has 1 aliphatic rings. The second-order valence-electron chi connectivity index (χ2n) is 5.94. The normalized spacial score (nSPS) is 16.8. The van der Waals surface area contributed by atoms with Gasteiger partial charge >= 0.3 is 0 Å². The van der Waals surface area contributed by atoms with Crippen LogP contribution in [0, 0.1) is 0 Å². The fraction of sp³-hybridized carbons (Fsp3) is 0.444. The first-order valence-electron chi connectivity index (χ1n) is 7.76. The van der Waals surface area contributed by atoms with Gasteiger partial charge in [0.15, 0.2) is 0 Å². The molecule has 0 aromatic heterocycles. The Morgan fingerprint density at radius 2 is 1.90 bits per heavy atom. The maximum Gasteiger partial charge on any atom is 0.0424 e. The molecule has 0 aliphatic heterocycles. The smallest absolute Gasteiger partial charge is 0.0424 e. The number of benzene rings is 2. The highest BCUT2D eigenvalue weighted by molar-refractivity contribution is 5.83. The summed E-state index contributed by atoms with van der Waals surface area (Å²) in [7, 11) is 0. The molecule has 0 bridgehead atoms. The van der Waals surface area contributed by atoms with Crippen molar-refractivity contribution in [2.75, 3.05) is 13.1 Å². The van der Waals surface area contributed by atoms with E-state index in [1.165, 1.54) is 42.1 Å². The van der Waals surface area contributed by atoms with Crippen LogP contribution in [0.1, 0.15) is 37.8 Å². The van der Waals surface area contributed by atoms with E-state index in [1.807, 2.05) is 0 Å². The molecule has 3 rings (SSSR count). The molecule has 0 radical (unpaired) electrons. The highest BCUT2D eigenvalue weighted by Gasteiger charge is 2.29. The number of nitrogens with zero attached hydrogens (tertiary/aromatic N) is 1. The minimum absolute atomic E-state index is 0.117. The molecule has 2 heteroatoms. The van der Waals surface area contributed by atoms with Gasteiger partial charge in [-0.2, -0.15) is 0 Å². The molecule has 1 atom stereocenters. The Labute approximate surface area is 121 Å². The second-order valence-corrected chi connectivity index (χ2v) is 5.94. The van der Waals surface area contributed by atoms with Gasteiger partial charge in [0.2, 0.25) is 0 Å². The van der Waals surface area contributed by atoms with Crippen LogP contribution in [0.4, 0.5) is 0 Å². The maximum absolute atomic E-state index is 6.44. The zero-order chi connectivity index (χ0) is 13.9. The van der Waals surface area contributed by atoms with Crippen molar-refractivity contribution < 1.29 is 0 Å². The summed E-state index contributed by atoms with van der Waals surface area (Å²) >= 11 is 0. The summed E-state index contributed by atoms with van der Waals surface area (Å²) in [6.45, 7) is 4.40. The van der Waals surface area contributed by atoms with E-state index in [0.29, 0.717) is 0 Å². The summed E-state index contributed by atoms with van der Waals surface area (Å²) in [5.74, 6) is 0. The van der Waals surface area contributed by atoms with Crippen molar-refractivity contribution in [3.63, 3.8) is 0 Å². The van der Waals surface area contributed by atoms with Gasteiger partial charge in [-0.1, -0.05) is 43.3 Å². The quantitative estimate of drug-likeness (QED) is 0.865. The van der Waals surface area contributed by atoms with Gasteiger partial charge in [-0.15, -0.1) is 0 Å². The number of nitrogens with two attached hydrogens (primary N) is 1. The molecule has 1 aliphatic carbocycles. The largest absolute Gasteiger partial charge is 0.323 e. The Kier molecular flexibility index (Phi) is 4.04. The molecule has 1 saturated carbocycles. The van der Waals surface area contributed by atoms with Crippen LogP contribution in [0.25, 0.3) is 10.8 Å². The van der Waals surface area contributed by atoms with E-state index in [9.17, 15) is 0 Å². The fourth-order valence-corrected chi connectivity index (χ4v) is 2.95. The van der Waals surface area contributed by atoms with Gasteiger partial charge in [0.1, 0.15) is 0 Å². The van der Waals surface area contributed by atoms with Crippen LogP contribution >= 0.6 is 0 Å². The van der Waals surface area contributed by atoms with Gasteiger partial charge in [-0.3, -0.25) is 4.90 Å². The van der Waals surface area contributed by atoms with Crippen molar-refractivity contribution in [3.8, 4) is 0 Å². The lowest BCUT2D eigenvalue weighted by Crippen LogP contribution is -2.34. The molecule has 0 spiro atoms. The number of fused-ring (bicyclic) bond motifs is 1. The van der Waals surface area contributed by atoms with Gasteiger partial charge in [0.05, 0.1) is 0 Å². The van der Waals surface area contributed by atoms with Crippen molar-refractivity contribution in [2.45, 2.75) is 38.3 Å². The zero-order valence-electron chi connectivity index (χ0n) is 12.3. The van der Waals surface area contributed by atoms with Crippen LogP contribution in [-0.4, -0.2) is 24.0 Å². The average Bonchev–Trinajstić information content (AvgIpc) is 3.31. The molecule has 2 N–H and O–H groups in total. The van der Waals surface area contributed by atoms with E-state index in [1.54, 1.807) is 0 Å². The molecule has 2 aromatic carbocycles. The van der Waals surface area contributed by atoms with Gasteiger partial charge in [0.25, 0.3) is 0 Å². The van der Waals surface area contributed by atoms with Crippen molar-refractivity contribution in [1.82, 2.24) is 4.90 Å². The highest BCUT2D eigenvalue weighted by atomic mass is 15.2. The molecular weight excluding hydrogens is 244 g/mol. The Morgan fingerprint density at radius 1 is 1.15 bits per heavy atom. The Morgan fingerprint density at radius 3 is 2.60 bits per heavy atom. The number of hydrogen-bond donors (Lipinski definition) is 1. The lowest BCUT2D eigenvalue weighted by molar-refractivity contribution is 0.248. The average molecular weight is 268 g/mol. The Bertz CT molecular complexity index is 574. The molecule has 0 amide bonds. The van der Waals surface area contributed by atoms with Gasteiger partial charge < -0.3 is 5.73 Å². The summed E-state index contributed by atoms with van der Waals surface area (Å²) in [4.78, 5) is 2.57. The number of rotatable bonds is 6. The lowest BCUT2D eigenvalue weighted by atomic mass is 10.0. The molecule has 2 nitrogen and oxygen atoms in total. The summed E-state index contributed by atoms with van der Waals surface area (Å²) in [5, 5.41) is 2.57. The van der Waals surface area contributed by atoms with E-state index in [2.05, 4.69) is 54.3 Å². The molecule has 0 saturated heterocycles. The van der Waals surface area contributed by atoms with Gasteiger partial charge in [-0.05, 0) is 48.2 Å². The summed E-state index contributed by atoms with van der Waals surface area (Å²) < 4.78 is 0. The number of hydrogen-bond acceptors (Lipinski definition) is 2. The monoisotopic (exact) mass is 268 g/mol. The topological polar surface area (TPSA) is 29.3 Å². The van der Waals surface area contributed by atoms with Crippen molar-refractivity contribution in [2.24, 2.45) is 5.73 Å². The molecule has 1 unspecified atom stereocenters. The first kappa shape index (κ1) is 13.6. The van der Waals surface area contributed by atoms with Gasteiger partial charge in [-0.25, -0.2) is 0 Å². The highest BCUT2D eigenvalue weighted by Crippen LogP contribution is 2.29. The van der Waals surface area contributed by atoms with E-state index < -0.39 is 0 Å². The predicted molar refractivity (Wildman–Crippen MR) is 85.8 cm³/mol. The Balaban J connectivity index is 1.75. The zero-order valence-corrected chi connectivity index (χ0v) is 12.3. The molecular formula is C18H24N2. The third-order valence-corrected chi connectivity index (χ3v) is 4.21. The van der Waals surface area contributed by atoms with Crippen LogP contribution in [0.2, 0.25) is 0 Å². The van der Waals surface area contributed by atoms with E-state index in [-0.39, 0.29) is 6.04 Å². The molecule has 2 aromatic rings. The van der Waals surface area contributed by atoms with Crippen LogP contribution in [0.15, 0.2) is 42.5 Å². The summed E-state index contributed by atoms with van der Waals surface area (Å²) in [5.41, 5.74) is 7.70. The fourth-order valence-electron chi connectivity index (χ4n) is 2.95. The molecule has 106 valence electrons. The summed E-state index contributed by atoms with van der Waals surface area (Å²) in [6, 6.07) is 16.0. The Hall–Kier alpha value is -1.38. The predicted octanol–water partition coefficient (Wildman–Crippen LogP) is 3.71. The van der Waals surface area contributed by atoms with Crippen molar-refractivity contribution in [3.05, 3.63) is 48.0 Å². The third-order valence-electron chi connectivity index (χ3n) is 4.21. The minimum atomic E-state index is 0.117. The SMILES string of the molecule is CCCN(CC(N)c1ccc2ccccc2c1)C1CC1. The van der Waals surface area contributed by atoms with Gasteiger partial charge in [0, 0.05) is 18.6 Å². The molecule has 0 heterocycles. The molecule has 20 heavy (non-hydrogen) atoms. The van der Waals surface area contributed by atoms with Crippen LogP contribution in [0.5, 0.6) is 0 Å². The lowest BCUT2D eigenvalue weighted by Gasteiger charge is -2.25. The van der Waals surface area contributed by atoms with E-state index >= 15 is 0 Å². The first-order valence-corrected chi connectivity index (χ1v) is 7.76. The van der Waals surface area contributed by atoms with Crippen molar-refractivity contribution in [1.29, 1.82) is 0 Å². The van der Waals surface area contributed by atoms with Crippen molar-refractivity contribution >= 4 is 10.8 Å². The van der Waals surface area contributed by atoms with Crippen LogP contribution in [-0.2, 0) is 0 Å². The maximum atomic E-state index is 6.44. The van der Waals surface area contributed by atoms with Crippen LogP contribution < -0.4 is 5.73 Å². The second kappa shape index (κ2) is 5.94. The van der Waals surface area contributed by atoms with E-state index in [0.717, 1.165) is 12.6 Å².